The summed E-state index contributed by atoms with van der Waals surface area (Å²) < 4.78 is 5.91. The Kier molecular flexibility index (Phi) is 5.41. The number of nitrogens with one attached hydrogen (secondary N) is 1. The van der Waals surface area contributed by atoms with Gasteiger partial charge in [-0.25, -0.2) is 4.98 Å². The lowest BCUT2D eigenvalue weighted by Gasteiger charge is -2.07. The van der Waals surface area contributed by atoms with Crippen molar-refractivity contribution in [1.82, 2.24) is 14.9 Å². The molecule has 0 atom stereocenters. The minimum Gasteiger partial charge on any atom is -0.454 e. The lowest BCUT2D eigenvalue weighted by atomic mass is 10.2. The molecule has 1 aromatic heterocycles. The SMILES string of the molecule is N#CCCNC(=O)COC(=O)Cn1cnc2ccccc2c1=O. The Labute approximate surface area is 131 Å². The first-order valence-electron chi connectivity index (χ1n) is 6.85. The van der Waals surface area contributed by atoms with E-state index in [0.29, 0.717) is 10.9 Å². The fourth-order valence-electron chi connectivity index (χ4n) is 1.86. The zero-order chi connectivity index (χ0) is 16.7. The van der Waals surface area contributed by atoms with Crippen LogP contribution in [0.1, 0.15) is 6.42 Å². The molecule has 0 aliphatic rings. The Balaban J connectivity index is 1.93. The van der Waals surface area contributed by atoms with E-state index >= 15 is 0 Å². The monoisotopic (exact) mass is 314 g/mol. The maximum Gasteiger partial charge on any atom is 0.326 e. The fraction of sp³-hybridized carbons (Fsp3) is 0.267. The summed E-state index contributed by atoms with van der Waals surface area (Å²) in [6.07, 6.45) is 1.44. The lowest BCUT2D eigenvalue weighted by Crippen LogP contribution is -2.31. The van der Waals surface area contributed by atoms with Crippen molar-refractivity contribution in [2.45, 2.75) is 13.0 Å². The summed E-state index contributed by atoms with van der Waals surface area (Å²) >= 11 is 0. The number of carbonyl (C=O) groups excluding carboxylic acids is 2. The molecule has 0 radical (unpaired) electrons. The van der Waals surface area contributed by atoms with Crippen LogP contribution in [-0.2, 0) is 20.9 Å². The average molecular weight is 314 g/mol. The smallest absolute Gasteiger partial charge is 0.326 e. The van der Waals surface area contributed by atoms with Gasteiger partial charge in [0.25, 0.3) is 11.5 Å². The van der Waals surface area contributed by atoms with E-state index in [4.69, 9.17) is 10.00 Å². The number of rotatable bonds is 6. The third-order valence-electron chi connectivity index (χ3n) is 2.95. The molecule has 2 rings (SSSR count). The number of benzene rings is 1. The average Bonchev–Trinajstić information content (AvgIpc) is 2.56. The minimum atomic E-state index is -0.723. The summed E-state index contributed by atoms with van der Waals surface area (Å²) in [5.74, 6) is -1.22. The maximum atomic E-state index is 12.2. The molecule has 0 bridgehead atoms. The third-order valence-corrected chi connectivity index (χ3v) is 2.95. The van der Waals surface area contributed by atoms with E-state index in [2.05, 4.69) is 10.3 Å². The van der Waals surface area contributed by atoms with Crippen molar-refractivity contribution in [3.63, 3.8) is 0 Å². The van der Waals surface area contributed by atoms with Crippen LogP contribution in [0.2, 0.25) is 0 Å². The van der Waals surface area contributed by atoms with Gasteiger partial charge in [-0.15, -0.1) is 0 Å². The Morgan fingerprint density at radius 1 is 1.35 bits per heavy atom. The van der Waals surface area contributed by atoms with Crippen LogP contribution < -0.4 is 10.9 Å². The first-order chi connectivity index (χ1) is 11.1. The summed E-state index contributed by atoms with van der Waals surface area (Å²) in [7, 11) is 0. The number of fused-ring (bicyclic) bond motifs is 1. The first kappa shape index (κ1) is 16.2. The van der Waals surface area contributed by atoms with Crippen molar-refractivity contribution >= 4 is 22.8 Å². The van der Waals surface area contributed by atoms with Gasteiger partial charge >= 0.3 is 5.97 Å². The second kappa shape index (κ2) is 7.70. The van der Waals surface area contributed by atoms with Crippen molar-refractivity contribution in [3.8, 4) is 6.07 Å². The predicted octanol–water partition coefficient (Wildman–Crippen LogP) is -0.0304. The van der Waals surface area contributed by atoms with Crippen LogP contribution in [0.3, 0.4) is 0 Å². The molecule has 1 N–H and O–H groups in total. The third kappa shape index (κ3) is 4.38. The van der Waals surface area contributed by atoms with Crippen LogP contribution in [-0.4, -0.2) is 34.6 Å². The zero-order valence-corrected chi connectivity index (χ0v) is 12.2. The standard InChI is InChI=1S/C15H14N4O4/c16-6-3-7-17-13(20)9-23-14(21)8-19-10-18-12-5-2-1-4-11(12)15(19)22/h1-2,4-5,10H,3,7-9H2,(H,17,20). The molecule has 0 unspecified atom stereocenters. The summed E-state index contributed by atoms with van der Waals surface area (Å²) in [6.45, 7) is -0.594. The molecule has 2 aromatic rings. The van der Waals surface area contributed by atoms with Crippen LogP contribution in [0, 0.1) is 11.3 Å². The van der Waals surface area contributed by atoms with Crippen molar-refractivity contribution in [2.24, 2.45) is 0 Å². The van der Waals surface area contributed by atoms with Gasteiger partial charge < -0.3 is 10.1 Å². The number of esters is 1. The largest absolute Gasteiger partial charge is 0.454 e. The first-order valence-corrected chi connectivity index (χ1v) is 6.85. The van der Waals surface area contributed by atoms with Crippen molar-refractivity contribution in [1.29, 1.82) is 5.26 Å². The van der Waals surface area contributed by atoms with Gasteiger partial charge in [0.2, 0.25) is 0 Å². The highest BCUT2D eigenvalue weighted by Crippen LogP contribution is 2.04. The minimum absolute atomic E-state index is 0.178. The number of ether oxygens (including phenoxy) is 1. The highest BCUT2D eigenvalue weighted by Gasteiger charge is 2.10. The van der Waals surface area contributed by atoms with E-state index in [1.165, 1.54) is 6.33 Å². The predicted molar refractivity (Wildman–Crippen MR) is 80.2 cm³/mol. The van der Waals surface area contributed by atoms with Crippen LogP contribution >= 0.6 is 0 Å². The second-order valence-electron chi connectivity index (χ2n) is 4.61. The molecule has 1 aromatic carbocycles. The molecule has 0 aliphatic carbocycles. The van der Waals surface area contributed by atoms with E-state index in [0.717, 1.165) is 4.57 Å². The molecule has 1 heterocycles. The molecule has 0 aliphatic heterocycles. The summed E-state index contributed by atoms with van der Waals surface area (Å²) in [5.41, 5.74) is 0.185. The van der Waals surface area contributed by atoms with E-state index in [1.54, 1.807) is 24.3 Å². The maximum absolute atomic E-state index is 12.2. The van der Waals surface area contributed by atoms with E-state index < -0.39 is 18.5 Å². The number of hydrogen-bond donors (Lipinski definition) is 1. The number of hydrogen-bond acceptors (Lipinski definition) is 6. The highest BCUT2D eigenvalue weighted by atomic mass is 16.5. The van der Waals surface area contributed by atoms with Gasteiger partial charge in [0, 0.05) is 6.54 Å². The molecule has 8 nitrogen and oxygen atoms in total. The van der Waals surface area contributed by atoms with E-state index in [1.807, 2.05) is 6.07 Å². The molecule has 23 heavy (non-hydrogen) atoms. The lowest BCUT2D eigenvalue weighted by molar-refractivity contribution is -0.149. The number of para-hydroxylation sites is 1. The number of nitrogens with zero attached hydrogens (tertiary/aromatic N) is 3. The summed E-state index contributed by atoms with van der Waals surface area (Å²) in [6, 6.07) is 8.66. The normalized spacial score (nSPS) is 10.0. The molecule has 0 fully saturated rings. The molecule has 0 spiro atoms. The summed E-state index contributed by atoms with van der Waals surface area (Å²) in [5, 5.41) is 11.2. The van der Waals surface area contributed by atoms with Crippen molar-refractivity contribution in [2.75, 3.05) is 13.2 Å². The Bertz CT molecular complexity index is 822. The quantitative estimate of drug-likeness (QED) is 0.591. The van der Waals surface area contributed by atoms with Gasteiger partial charge in [0.1, 0.15) is 6.54 Å². The second-order valence-corrected chi connectivity index (χ2v) is 4.61. The van der Waals surface area contributed by atoms with Gasteiger partial charge in [-0.05, 0) is 12.1 Å². The van der Waals surface area contributed by atoms with Gasteiger partial charge in [-0.3, -0.25) is 19.0 Å². The molecular weight excluding hydrogens is 300 g/mol. The highest BCUT2D eigenvalue weighted by molar-refractivity contribution is 5.81. The van der Waals surface area contributed by atoms with Crippen molar-refractivity contribution < 1.29 is 14.3 Å². The van der Waals surface area contributed by atoms with Crippen molar-refractivity contribution in [3.05, 3.63) is 40.9 Å². The van der Waals surface area contributed by atoms with Gasteiger partial charge in [0.15, 0.2) is 6.61 Å². The molecule has 118 valence electrons. The fourth-order valence-corrected chi connectivity index (χ4v) is 1.86. The molecule has 1 amide bonds. The van der Waals surface area contributed by atoms with E-state index in [9.17, 15) is 14.4 Å². The molecular formula is C15H14N4O4. The number of amides is 1. The van der Waals surface area contributed by atoms with Crippen LogP contribution in [0.15, 0.2) is 35.4 Å². The number of carbonyl (C=O) groups is 2. The molecule has 0 saturated heterocycles. The summed E-state index contributed by atoms with van der Waals surface area (Å²) in [4.78, 5) is 39.3. The number of aromatic nitrogens is 2. The molecule has 8 heteroatoms. The van der Waals surface area contributed by atoms with E-state index in [-0.39, 0.29) is 25.1 Å². The molecule has 0 saturated carbocycles. The van der Waals surface area contributed by atoms with Crippen LogP contribution in [0.4, 0.5) is 0 Å². The van der Waals surface area contributed by atoms with Crippen LogP contribution in [0.5, 0.6) is 0 Å². The van der Waals surface area contributed by atoms with Crippen LogP contribution in [0.25, 0.3) is 10.9 Å². The topological polar surface area (TPSA) is 114 Å². The van der Waals surface area contributed by atoms with Gasteiger partial charge in [0.05, 0.1) is 29.7 Å². The Morgan fingerprint density at radius 3 is 2.91 bits per heavy atom. The number of nitriles is 1. The van der Waals surface area contributed by atoms with Gasteiger partial charge in [-0.1, -0.05) is 12.1 Å². The Hall–Kier alpha value is -3.21. The van der Waals surface area contributed by atoms with Gasteiger partial charge in [-0.2, -0.15) is 5.26 Å². The Morgan fingerprint density at radius 2 is 2.13 bits per heavy atom. The zero-order valence-electron chi connectivity index (χ0n) is 12.2.